The lowest BCUT2D eigenvalue weighted by atomic mass is 10.0. The third kappa shape index (κ3) is 2.66. The Labute approximate surface area is 97.6 Å². The number of hydrogen-bond acceptors (Lipinski definition) is 3. The molecule has 0 saturated carbocycles. The predicted octanol–water partition coefficient (Wildman–Crippen LogP) is 2.16. The molecule has 0 unspecified atom stereocenters. The van der Waals surface area contributed by atoms with Crippen molar-refractivity contribution in [3.8, 4) is 0 Å². The Bertz CT molecular complexity index is 355. The van der Waals surface area contributed by atoms with E-state index in [1.165, 1.54) is 6.07 Å². The summed E-state index contributed by atoms with van der Waals surface area (Å²) in [7, 11) is 1.78. The van der Waals surface area contributed by atoms with E-state index in [9.17, 15) is 4.39 Å². The van der Waals surface area contributed by atoms with Crippen molar-refractivity contribution in [2.45, 2.75) is 19.4 Å². The van der Waals surface area contributed by atoms with Crippen molar-refractivity contribution in [1.29, 1.82) is 0 Å². The Hall–Kier alpha value is -0.680. The summed E-state index contributed by atoms with van der Waals surface area (Å²) in [4.78, 5) is 5.79. The van der Waals surface area contributed by atoms with Crippen LogP contribution < -0.4 is 10.6 Å². The molecule has 0 atom stereocenters. The minimum Gasteiger partial charge on any atom is -0.351 e. The van der Waals surface area contributed by atoms with E-state index in [1.807, 2.05) is 13.8 Å². The van der Waals surface area contributed by atoms with Crippen LogP contribution in [0, 0.1) is 5.82 Å². The van der Waals surface area contributed by atoms with Crippen molar-refractivity contribution in [3.05, 3.63) is 22.6 Å². The van der Waals surface area contributed by atoms with Crippen LogP contribution >= 0.6 is 15.9 Å². The summed E-state index contributed by atoms with van der Waals surface area (Å²) >= 11 is 3.17. The first kappa shape index (κ1) is 12.4. The largest absolute Gasteiger partial charge is 0.351 e. The zero-order chi connectivity index (χ0) is 11.6. The summed E-state index contributed by atoms with van der Waals surface area (Å²) in [5.41, 5.74) is 5.31. The number of likely N-dealkylation sites (N-methyl/N-ethyl adjacent to an activating group) is 1. The summed E-state index contributed by atoms with van der Waals surface area (Å²) in [6, 6.07) is 1.39. The molecule has 0 aromatic carbocycles. The maximum atomic E-state index is 13.6. The highest BCUT2D eigenvalue weighted by Gasteiger charge is 2.25. The summed E-state index contributed by atoms with van der Waals surface area (Å²) in [5.74, 6) is -0.0398. The Kier molecular flexibility index (Phi) is 3.67. The molecule has 2 N–H and O–H groups in total. The van der Waals surface area contributed by atoms with Gasteiger partial charge in [-0.2, -0.15) is 0 Å². The Balaban J connectivity index is 3.06. The van der Waals surface area contributed by atoms with Crippen molar-refractivity contribution in [2.24, 2.45) is 5.73 Å². The van der Waals surface area contributed by atoms with Crippen LogP contribution in [0.3, 0.4) is 0 Å². The van der Waals surface area contributed by atoms with Gasteiger partial charge in [0.05, 0.1) is 0 Å². The molecule has 0 aliphatic rings. The summed E-state index contributed by atoms with van der Waals surface area (Å²) < 4.78 is 14.2. The second-order valence-corrected chi connectivity index (χ2v) is 4.95. The van der Waals surface area contributed by atoms with Gasteiger partial charge in [-0.3, -0.25) is 0 Å². The summed E-state index contributed by atoms with van der Waals surface area (Å²) in [6.07, 6.45) is 1.57. The first-order valence-electron chi connectivity index (χ1n) is 4.63. The SMILES string of the molecule is CN(c1ncc(Br)cc1F)C(C)(C)CN. The number of aromatic nitrogens is 1. The second kappa shape index (κ2) is 4.45. The van der Waals surface area contributed by atoms with Gasteiger partial charge in [-0.05, 0) is 35.8 Å². The molecule has 0 fully saturated rings. The van der Waals surface area contributed by atoms with Crippen LogP contribution in [-0.2, 0) is 0 Å². The number of nitrogens with two attached hydrogens (primary N) is 1. The van der Waals surface area contributed by atoms with E-state index in [4.69, 9.17) is 5.73 Å². The quantitative estimate of drug-likeness (QED) is 0.919. The van der Waals surface area contributed by atoms with E-state index in [0.717, 1.165) is 0 Å². The van der Waals surface area contributed by atoms with E-state index in [0.29, 0.717) is 16.8 Å². The third-order valence-corrected chi connectivity index (χ3v) is 2.95. The van der Waals surface area contributed by atoms with Gasteiger partial charge in [0.1, 0.15) is 0 Å². The molecule has 1 aromatic rings. The zero-order valence-electron chi connectivity index (χ0n) is 9.09. The molecule has 0 amide bonds. The Morgan fingerprint density at radius 1 is 1.60 bits per heavy atom. The summed E-state index contributed by atoms with van der Waals surface area (Å²) in [6.45, 7) is 4.31. The van der Waals surface area contributed by atoms with Crippen LogP contribution in [0.25, 0.3) is 0 Å². The van der Waals surface area contributed by atoms with Gasteiger partial charge in [0.15, 0.2) is 11.6 Å². The van der Waals surface area contributed by atoms with E-state index in [2.05, 4.69) is 20.9 Å². The molecular weight excluding hydrogens is 261 g/mol. The highest BCUT2D eigenvalue weighted by atomic mass is 79.9. The van der Waals surface area contributed by atoms with Crippen molar-refractivity contribution in [3.63, 3.8) is 0 Å². The van der Waals surface area contributed by atoms with Gasteiger partial charge in [0.25, 0.3) is 0 Å². The van der Waals surface area contributed by atoms with Gasteiger partial charge >= 0.3 is 0 Å². The van der Waals surface area contributed by atoms with Gasteiger partial charge in [-0.15, -0.1) is 0 Å². The molecule has 0 radical (unpaired) electrons. The first-order valence-corrected chi connectivity index (χ1v) is 5.43. The van der Waals surface area contributed by atoms with E-state index in [-0.39, 0.29) is 11.4 Å². The van der Waals surface area contributed by atoms with E-state index >= 15 is 0 Å². The summed E-state index contributed by atoms with van der Waals surface area (Å²) in [5, 5.41) is 0. The van der Waals surface area contributed by atoms with E-state index in [1.54, 1.807) is 18.1 Å². The minimum absolute atomic E-state index is 0.314. The molecule has 0 aliphatic heterocycles. The van der Waals surface area contributed by atoms with Gasteiger partial charge < -0.3 is 10.6 Å². The van der Waals surface area contributed by atoms with Crippen molar-refractivity contribution >= 4 is 21.7 Å². The predicted molar refractivity (Wildman–Crippen MR) is 63.4 cm³/mol. The standard InChI is InChI=1S/C10H15BrFN3/c1-10(2,6-13)15(3)9-8(12)4-7(11)5-14-9/h4-5H,6,13H2,1-3H3. The highest BCUT2D eigenvalue weighted by Crippen LogP contribution is 2.24. The topological polar surface area (TPSA) is 42.2 Å². The lowest BCUT2D eigenvalue weighted by molar-refractivity contribution is 0.482. The Morgan fingerprint density at radius 2 is 2.20 bits per heavy atom. The van der Waals surface area contributed by atoms with Crippen molar-refractivity contribution in [2.75, 3.05) is 18.5 Å². The molecule has 0 saturated heterocycles. The van der Waals surface area contributed by atoms with Crippen molar-refractivity contribution in [1.82, 2.24) is 4.98 Å². The molecule has 84 valence electrons. The van der Waals surface area contributed by atoms with Gasteiger partial charge in [0, 0.05) is 29.8 Å². The lowest BCUT2D eigenvalue weighted by Crippen LogP contribution is -2.48. The van der Waals surface area contributed by atoms with Crippen LogP contribution in [0.4, 0.5) is 10.2 Å². The van der Waals surface area contributed by atoms with Gasteiger partial charge in [0.2, 0.25) is 0 Å². The van der Waals surface area contributed by atoms with Gasteiger partial charge in [-0.25, -0.2) is 9.37 Å². The molecule has 1 aromatic heterocycles. The number of pyridine rings is 1. The fourth-order valence-corrected chi connectivity index (χ4v) is 1.38. The van der Waals surface area contributed by atoms with Crippen molar-refractivity contribution < 1.29 is 4.39 Å². The average molecular weight is 276 g/mol. The fraction of sp³-hybridized carbons (Fsp3) is 0.500. The second-order valence-electron chi connectivity index (χ2n) is 4.03. The van der Waals surface area contributed by atoms with Crippen LogP contribution in [0.2, 0.25) is 0 Å². The molecule has 5 heteroatoms. The smallest absolute Gasteiger partial charge is 0.166 e. The van der Waals surface area contributed by atoms with Gasteiger partial charge in [-0.1, -0.05) is 0 Å². The normalized spacial score (nSPS) is 11.6. The molecule has 0 spiro atoms. The van der Waals surface area contributed by atoms with E-state index < -0.39 is 0 Å². The Morgan fingerprint density at radius 3 is 2.67 bits per heavy atom. The average Bonchev–Trinajstić information content (AvgIpc) is 2.17. The maximum Gasteiger partial charge on any atom is 0.166 e. The molecule has 3 nitrogen and oxygen atoms in total. The molecule has 0 aliphatic carbocycles. The number of hydrogen-bond donors (Lipinski definition) is 1. The lowest BCUT2D eigenvalue weighted by Gasteiger charge is -2.35. The number of anilines is 1. The maximum absolute atomic E-state index is 13.6. The van der Waals surface area contributed by atoms with Crippen LogP contribution in [0.1, 0.15) is 13.8 Å². The third-order valence-electron chi connectivity index (χ3n) is 2.51. The van der Waals surface area contributed by atoms with Crippen LogP contribution in [0.5, 0.6) is 0 Å². The van der Waals surface area contributed by atoms with Crippen LogP contribution in [0.15, 0.2) is 16.7 Å². The molecule has 0 bridgehead atoms. The minimum atomic E-state index is -0.353. The molecule has 15 heavy (non-hydrogen) atoms. The zero-order valence-corrected chi connectivity index (χ0v) is 10.7. The molecule has 1 rings (SSSR count). The highest BCUT2D eigenvalue weighted by molar-refractivity contribution is 9.10. The number of halogens is 2. The first-order chi connectivity index (χ1) is 6.88. The molecular formula is C10H15BrFN3. The van der Waals surface area contributed by atoms with Crippen LogP contribution in [-0.4, -0.2) is 24.1 Å². The fourth-order valence-electron chi connectivity index (χ4n) is 1.08. The number of nitrogens with zero attached hydrogens (tertiary/aromatic N) is 2. The molecule has 1 heterocycles. The number of rotatable bonds is 3. The monoisotopic (exact) mass is 275 g/mol.